The zero-order valence-corrected chi connectivity index (χ0v) is 14.2. The number of anilines is 1. The van der Waals surface area contributed by atoms with Gasteiger partial charge < -0.3 is 14.1 Å². The predicted octanol–water partition coefficient (Wildman–Crippen LogP) is 2.53. The number of aromatic nitrogens is 2. The molecule has 1 unspecified atom stereocenters. The van der Waals surface area contributed by atoms with Gasteiger partial charge in [0.2, 0.25) is 0 Å². The van der Waals surface area contributed by atoms with Crippen molar-refractivity contribution in [1.82, 2.24) is 14.9 Å². The van der Waals surface area contributed by atoms with Crippen LogP contribution in [0.1, 0.15) is 6.42 Å². The van der Waals surface area contributed by atoms with E-state index in [9.17, 15) is 0 Å². The molecule has 0 saturated carbocycles. The Morgan fingerprint density at radius 3 is 2.88 bits per heavy atom. The Hall–Kier alpha value is -2.18. The van der Waals surface area contributed by atoms with Crippen LogP contribution in [0.2, 0.25) is 0 Å². The minimum Gasteiger partial charge on any atom is -0.450 e. The Kier molecular flexibility index (Phi) is 3.79. The first-order chi connectivity index (χ1) is 12.4. The first kappa shape index (κ1) is 15.1. The van der Waals surface area contributed by atoms with Crippen molar-refractivity contribution in [2.24, 2.45) is 5.92 Å². The fraction of sp³-hybridized carbons (Fsp3) is 0.474. The number of nitrogens with zero attached hydrogens (tertiary/aromatic N) is 4. The third-order valence-electron chi connectivity index (χ3n) is 5.34. The Labute approximate surface area is 146 Å². The number of ether oxygens (including phenoxy) is 1. The fourth-order valence-electron chi connectivity index (χ4n) is 4.06. The van der Waals surface area contributed by atoms with Crippen LogP contribution in [0.25, 0.3) is 22.1 Å². The van der Waals surface area contributed by atoms with Gasteiger partial charge in [0.25, 0.3) is 0 Å². The fourth-order valence-corrected chi connectivity index (χ4v) is 4.06. The molecule has 2 aromatic heterocycles. The summed E-state index contributed by atoms with van der Waals surface area (Å²) in [5.74, 6) is 1.61. The second-order valence-electron chi connectivity index (χ2n) is 6.99. The molecule has 25 heavy (non-hydrogen) atoms. The summed E-state index contributed by atoms with van der Waals surface area (Å²) in [6.45, 7) is 7.03. The third kappa shape index (κ3) is 2.75. The van der Waals surface area contributed by atoms with Crippen molar-refractivity contribution >= 4 is 27.9 Å². The van der Waals surface area contributed by atoms with Crippen molar-refractivity contribution in [3.05, 3.63) is 30.6 Å². The van der Waals surface area contributed by atoms with Crippen molar-refractivity contribution in [2.45, 2.75) is 6.42 Å². The van der Waals surface area contributed by atoms with E-state index in [0.29, 0.717) is 5.92 Å². The molecule has 0 N–H and O–H groups in total. The highest BCUT2D eigenvalue weighted by atomic mass is 16.5. The zero-order chi connectivity index (χ0) is 16.6. The zero-order valence-electron chi connectivity index (χ0n) is 14.2. The van der Waals surface area contributed by atoms with Crippen LogP contribution in [0.4, 0.5) is 5.82 Å². The Morgan fingerprint density at radius 2 is 1.96 bits per heavy atom. The molecule has 2 fully saturated rings. The molecule has 0 amide bonds. The lowest BCUT2D eigenvalue weighted by Gasteiger charge is -2.29. The quantitative estimate of drug-likeness (QED) is 0.731. The molecule has 0 spiro atoms. The highest BCUT2D eigenvalue weighted by molar-refractivity contribution is 6.05. The Bertz CT molecular complexity index is 887. The predicted molar refractivity (Wildman–Crippen MR) is 96.9 cm³/mol. The van der Waals surface area contributed by atoms with Gasteiger partial charge in [-0.25, -0.2) is 9.97 Å². The molecular formula is C19H22N4O2. The van der Waals surface area contributed by atoms with Crippen molar-refractivity contribution in [2.75, 3.05) is 50.8 Å². The maximum absolute atomic E-state index is 6.09. The van der Waals surface area contributed by atoms with Crippen LogP contribution in [-0.4, -0.2) is 60.8 Å². The molecule has 2 aliphatic rings. The first-order valence-electron chi connectivity index (χ1n) is 9.06. The molecule has 1 atom stereocenters. The van der Waals surface area contributed by atoms with Crippen molar-refractivity contribution < 1.29 is 9.15 Å². The van der Waals surface area contributed by atoms with E-state index < -0.39 is 0 Å². The van der Waals surface area contributed by atoms with Crippen LogP contribution in [0.5, 0.6) is 0 Å². The smallest absolute Gasteiger partial charge is 0.196 e. The number of hydrogen-bond acceptors (Lipinski definition) is 6. The third-order valence-corrected chi connectivity index (χ3v) is 5.34. The van der Waals surface area contributed by atoms with Crippen LogP contribution in [0.15, 0.2) is 35.0 Å². The molecule has 2 aliphatic heterocycles. The summed E-state index contributed by atoms with van der Waals surface area (Å²) >= 11 is 0. The molecule has 5 rings (SSSR count). The Morgan fingerprint density at radius 1 is 1.08 bits per heavy atom. The van der Waals surface area contributed by atoms with E-state index in [1.807, 2.05) is 18.2 Å². The molecule has 3 aromatic rings. The van der Waals surface area contributed by atoms with Gasteiger partial charge in [-0.1, -0.05) is 12.1 Å². The van der Waals surface area contributed by atoms with E-state index in [1.54, 1.807) is 6.33 Å². The van der Waals surface area contributed by atoms with E-state index in [0.717, 1.165) is 73.8 Å². The lowest BCUT2D eigenvalue weighted by atomic mass is 10.1. The van der Waals surface area contributed by atoms with Gasteiger partial charge in [-0.15, -0.1) is 0 Å². The number of morpholine rings is 1. The SMILES string of the molecule is c1ccc2c(c1)oc1c(N3CCC(CN4CCOCC4)C3)ncnc12. The molecule has 0 bridgehead atoms. The standard InChI is InChI=1S/C19H22N4O2/c1-2-4-16-15(3-1)17-18(25-16)19(21-13-20-17)23-6-5-14(12-23)11-22-7-9-24-10-8-22/h1-4,13-14H,5-12H2. The van der Waals surface area contributed by atoms with Crippen LogP contribution in [-0.2, 0) is 4.74 Å². The number of benzene rings is 1. The first-order valence-corrected chi connectivity index (χ1v) is 9.06. The van der Waals surface area contributed by atoms with E-state index in [4.69, 9.17) is 9.15 Å². The number of rotatable bonds is 3. The summed E-state index contributed by atoms with van der Waals surface area (Å²) in [7, 11) is 0. The second kappa shape index (κ2) is 6.28. The maximum Gasteiger partial charge on any atom is 0.196 e. The van der Waals surface area contributed by atoms with Crippen molar-refractivity contribution in [1.29, 1.82) is 0 Å². The minimum atomic E-state index is 0.674. The lowest BCUT2D eigenvalue weighted by Crippen LogP contribution is -2.39. The van der Waals surface area contributed by atoms with Gasteiger partial charge in [-0.2, -0.15) is 0 Å². The van der Waals surface area contributed by atoms with Gasteiger partial charge >= 0.3 is 0 Å². The van der Waals surface area contributed by atoms with Gasteiger partial charge in [-0.05, 0) is 24.5 Å². The maximum atomic E-state index is 6.09. The second-order valence-corrected chi connectivity index (χ2v) is 6.99. The minimum absolute atomic E-state index is 0.674. The summed E-state index contributed by atoms with van der Waals surface area (Å²) in [6, 6.07) is 8.06. The summed E-state index contributed by atoms with van der Waals surface area (Å²) in [6.07, 6.45) is 2.86. The molecule has 130 valence electrons. The van der Waals surface area contributed by atoms with E-state index in [-0.39, 0.29) is 0 Å². The van der Waals surface area contributed by atoms with Gasteiger partial charge in [0.05, 0.1) is 13.2 Å². The number of fused-ring (bicyclic) bond motifs is 3. The lowest BCUT2D eigenvalue weighted by molar-refractivity contribution is 0.0320. The Balaban J connectivity index is 1.40. The topological polar surface area (TPSA) is 54.6 Å². The number of furan rings is 1. The molecular weight excluding hydrogens is 316 g/mol. The van der Waals surface area contributed by atoms with Crippen molar-refractivity contribution in [3.63, 3.8) is 0 Å². The van der Waals surface area contributed by atoms with Gasteiger partial charge in [0.1, 0.15) is 17.4 Å². The van der Waals surface area contributed by atoms with Crippen molar-refractivity contribution in [3.8, 4) is 0 Å². The monoisotopic (exact) mass is 338 g/mol. The van der Waals surface area contributed by atoms with Crippen LogP contribution >= 0.6 is 0 Å². The van der Waals surface area contributed by atoms with Crippen LogP contribution in [0, 0.1) is 5.92 Å². The van der Waals surface area contributed by atoms with E-state index in [2.05, 4.69) is 25.8 Å². The molecule has 6 heteroatoms. The summed E-state index contributed by atoms with van der Waals surface area (Å²) in [4.78, 5) is 13.9. The molecule has 0 radical (unpaired) electrons. The molecule has 2 saturated heterocycles. The highest BCUT2D eigenvalue weighted by Gasteiger charge is 2.28. The van der Waals surface area contributed by atoms with Gasteiger partial charge in [0.15, 0.2) is 11.4 Å². The van der Waals surface area contributed by atoms with E-state index in [1.165, 1.54) is 6.42 Å². The summed E-state index contributed by atoms with van der Waals surface area (Å²) in [5.41, 5.74) is 2.61. The highest BCUT2D eigenvalue weighted by Crippen LogP contribution is 2.34. The van der Waals surface area contributed by atoms with E-state index >= 15 is 0 Å². The molecule has 1 aromatic carbocycles. The van der Waals surface area contributed by atoms with Crippen LogP contribution in [0.3, 0.4) is 0 Å². The largest absolute Gasteiger partial charge is 0.450 e. The van der Waals surface area contributed by atoms with Crippen LogP contribution < -0.4 is 4.90 Å². The normalized spacial score (nSPS) is 22.2. The average Bonchev–Trinajstić information content (AvgIpc) is 3.27. The summed E-state index contributed by atoms with van der Waals surface area (Å²) < 4.78 is 11.5. The van der Waals surface area contributed by atoms with Gasteiger partial charge in [0, 0.05) is 38.1 Å². The molecule has 6 nitrogen and oxygen atoms in total. The van der Waals surface area contributed by atoms with Gasteiger partial charge in [-0.3, -0.25) is 4.90 Å². The molecule has 4 heterocycles. The molecule has 0 aliphatic carbocycles. The number of hydrogen-bond donors (Lipinski definition) is 0. The average molecular weight is 338 g/mol. The summed E-state index contributed by atoms with van der Waals surface area (Å²) in [5, 5.41) is 1.06. The number of para-hydroxylation sites is 1.